The molecule has 1 rings (SSSR count). The predicted molar refractivity (Wildman–Crippen MR) is 48.8 cm³/mol. The third-order valence-electron chi connectivity index (χ3n) is 2.86. The molecule has 1 fully saturated rings. The van der Waals surface area contributed by atoms with Gasteiger partial charge in [0, 0.05) is 7.11 Å². The molecular formula is C9H15NO4. The average Bonchev–Trinajstić information content (AvgIpc) is 2.19. The highest BCUT2D eigenvalue weighted by Gasteiger charge is 2.41. The topological polar surface area (TPSA) is 75.6 Å². The van der Waals surface area contributed by atoms with Gasteiger partial charge in [-0.3, -0.25) is 4.79 Å². The molecule has 0 atom stereocenters. The number of hydrogen-bond acceptors (Lipinski definition) is 3. The van der Waals surface area contributed by atoms with Crippen LogP contribution in [0.1, 0.15) is 25.7 Å². The lowest BCUT2D eigenvalue weighted by molar-refractivity contribution is -0.149. The minimum atomic E-state index is -1.07. The fourth-order valence-corrected chi connectivity index (χ4v) is 1.85. The number of aliphatic carboxylic acids is 1. The van der Waals surface area contributed by atoms with Crippen LogP contribution in [-0.2, 0) is 14.3 Å². The van der Waals surface area contributed by atoms with Crippen molar-refractivity contribution in [3.05, 3.63) is 0 Å². The first-order valence-corrected chi connectivity index (χ1v) is 4.62. The van der Waals surface area contributed by atoms with Gasteiger partial charge in [0.15, 0.2) is 0 Å². The Balaban J connectivity index is 2.64. The predicted octanol–water partition coefficient (Wildman–Crippen LogP) is 0.145. The molecule has 1 saturated carbocycles. The first-order chi connectivity index (χ1) is 6.64. The molecule has 0 bridgehead atoms. The first-order valence-electron chi connectivity index (χ1n) is 4.62. The highest BCUT2D eigenvalue weighted by molar-refractivity contribution is 5.81. The SMILES string of the molecule is COC1CCC(NC=O)(C(=O)O)CC1. The van der Waals surface area contributed by atoms with Gasteiger partial charge in [-0.2, -0.15) is 0 Å². The van der Waals surface area contributed by atoms with Crippen molar-refractivity contribution in [2.45, 2.75) is 37.3 Å². The van der Waals surface area contributed by atoms with E-state index in [1.807, 2.05) is 0 Å². The third-order valence-corrected chi connectivity index (χ3v) is 2.86. The molecule has 0 aromatic rings. The number of carbonyl (C=O) groups excluding carboxylic acids is 1. The van der Waals surface area contributed by atoms with Crippen molar-refractivity contribution in [1.82, 2.24) is 5.32 Å². The number of rotatable bonds is 4. The fraction of sp³-hybridized carbons (Fsp3) is 0.778. The summed E-state index contributed by atoms with van der Waals surface area (Å²) in [6.45, 7) is 0. The summed E-state index contributed by atoms with van der Waals surface area (Å²) in [7, 11) is 1.62. The van der Waals surface area contributed by atoms with Crippen molar-refractivity contribution in [3.8, 4) is 0 Å². The van der Waals surface area contributed by atoms with Crippen molar-refractivity contribution < 1.29 is 19.4 Å². The standard InChI is InChI=1S/C9H15NO4/c1-14-7-2-4-9(5-3-7,8(12)13)10-6-11/h6-7H,2-5H2,1H3,(H,10,11)(H,12,13). The van der Waals surface area contributed by atoms with Crippen LogP contribution in [0.4, 0.5) is 0 Å². The normalized spacial score (nSPS) is 32.2. The zero-order chi connectivity index (χ0) is 10.6. The molecule has 0 heterocycles. The Bertz CT molecular complexity index is 221. The maximum absolute atomic E-state index is 11.0. The number of carbonyl (C=O) groups is 2. The van der Waals surface area contributed by atoms with E-state index in [4.69, 9.17) is 9.84 Å². The molecule has 0 spiro atoms. The van der Waals surface area contributed by atoms with Crippen LogP contribution < -0.4 is 5.32 Å². The van der Waals surface area contributed by atoms with Gasteiger partial charge >= 0.3 is 5.97 Å². The summed E-state index contributed by atoms with van der Waals surface area (Å²) >= 11 is 0. The highest BCUT2D eigenvalue weighted by atomic mass is 16.5. The van der Waals surface area contributed by atoms with E-state index in [1.54, 1.807) is 7.11 Å². The van der Waals surface area contributed by atoms with Crippen molar-refractivity contribution in [2.75, 3.05) is 7.11 Å². The Hall–Kier alpha value is -1.10. The molecule has 1 aliphatic rings. The zero-order valence-corrected chi connectivity index (χ0v) is 8.16. The Morgan fingerprint density at radius 1 is 1.57 bits per heavy atom. The molecule has 2 N–H and O–H groups in total. The van der Waals surface area contributed by atoms with Crippen molar-refractivity contribution in [1.29, 1.82) is 0 Å². The second-order valence-electron chi connectivity index (χ2n) is 3.58. The minimum absolute atomic E-state index is 0.121. The van der Waals surface area contributed by atoms with Crippen LogP contribution in [-0.4, -0.2) is 36.2 Å². The summed E-state index contributed by atoms with van der Waals surface area (Å²) in [5.41, 5.74) is -1.07. The van der Waals surface area contributed by atoms with Gasteiger partial charge in [-0.25, -0.2) is 4.79 Å². The lowest BCUT2D eigenvalue weighted by Crippen LogP contribution is -2.54. The molecule has 5 heteroatoms. The summed E-state index contributed by atoms with van der Waals surface area (Å²) in [5, 5.41) is 11.4. The fourth-order valence-electron chi connectivity index (χ4n) is 1.85. The smallest absolute Gasteiger partial charge is 0.329 e. The largest absolute Gasteiger partial charge is 0.480 e. The maximum Gasteiger partial charge on any atom is 0.329 e. The summed E-state index contributed by atoms with van der Waals surface area (Å²) in [5.74, 6) is -0.959. The summed E-state index contributed by atoms with van der Waals surface area (Å²) in [4.78, 5) is 21.3. The van der Waals surface area contributed by atoms with Crippen molar-refractivity contribution in [3.63, 3.8) is 0 Å². The lowest BCUT2D eigenvalue weighted by Gasteiger charge is -2.35. The molecule has 0 aromatic carbocycles. The number of nitrogens with one attached hydrogen (secondary N) is 1. The van der Waals surface area contributed by atoms with Gasteiger partial charge in [0.1, 0.15) is 5.54 Å². The van der Waals surface area contributed by atoms with Crippen LogP contribution in [0.15, 0.2) is 0 Å². The van der Waals surface area contributed by atoms with E-state index in [0.29, 0.717) is 32.1 Å². The minimum Gasteiger partial charge on any atom is -0.480 e. The van der Waals surface area contributed by atoms with E-state index in [0.717, 1.165) is 0 Å². The molecule has 14 heavy (non-hydrogen) atoms. The molecule has 0 aromatic heterocycles. The monoisotopic (exact) mass is 201 g/mol. The number of methoxy groups -OCH3 is 1. The van der Waals surface area contributed by atoms with Gasteiger partial charge in [0.05, 0.1) is 6.10 Å². The molecule has 80 valence electrons. The molecule has 0 radical (unpaired) electrons. The quantitative estimate of drug-likeness (QED) is 0.634. The van der Waals surface area contributed by atoms with E-state index < -0.39 is 11.5 Å². The molecule has 5 nitrogen and oxygen atoms in total. The Labute approximate surface area is 82.4 Å². The molecular weight excluding hydrogens is 186 g/mol. The van der Waals surface area contributed by atoms with Gasteiger partial charge < -0.3 is 15.2 Å². The van der Waals surface area contributed by atoms with Gasteiger partial charge in [0.2, 0.25) is 6.41 Å². The summed E-state index contributed by atoms with van der Waals surface area (Å²) in [6, 6.07) is 0. The van der Waals surface area contributed by atoms with E-state index in [9.17, 15) is 9.59 Å². The molecule has 0 unspecified atom stereocenters. The van der Waals surface area contributed by atoms with E-state index in [-0.39, 0.29) is 6.10 Å². The summed E-state index contributed by atoms with van der Waals surface area (Å²) in [6.07, 6.45) is 2.78. The highest BCUT2D eigenvalue weighted by Crippen LogP contribution is 2.29. The second kappa shape index (κ2) is 4.41. The maximum atomic E-state index is 11.0. The molecule has 0 saturated heterocycles. The average molecular weight is 201 g/mol. The Morgan fingerprint density at radius 2 is 2.14 bits per heavy atom. The van der Waals surface area contributed by atoms with Crippen LogP contribution in [0.2, 0.25) is 0 Å². The summed E-state index contributed by atoms with van der Waals surface area (Å²) < 4.78 is 5.13. The van der Waals surface area contributed by atoms with Crippen LogP contribution in [0.3, 0.4) is 0 Å². The number of carboxylic acids is 1. The number of ether oxygens (including phenoxy) is 1. The molecule has 1 aliphatic carbocycles. The Morgan fingerprint density at radius 3 is 2.50 bits per heavy atom. The van der Waals surface area contributed by atoms with Gasteiger partial charge in [-0.15, -0.1) is 0 Å². The first kappa shape index (κ1) is 11.0. The van der Waals surface area contributed by atoms with Crippen LogP contribution >= 0.6 is 0 Å². The Kier molecular flexibility index (Phi) is 3.46. The van der Waals surface area contributed by atoms with Crippen molar-refractivity contribution in [2.24, 2.45) is 0 Å². The van der Waals surface area contributed by atoms with E-state index >= 15 is 0 Å². The van der Waals surface area contributed by atoms with E-state index in [1.165, 1.54) is 0 Å². The van der Waals surface area contributed by atoms with Gasteiger partial charge in [0.25, 0.3) is 0 Å². The number of amides is 1. The number of carboxylic acid groups (broad SMARTS) is 1. The van der Waals surface area contributed by atoms with E-state index in [2.05, 4.69) is 5.32 Å². The lowest BCUT2D eigenvalue weighted by atomic mass is 9.80. The van der Waals surface area contributed by atoms with Gasteiger partial charge in [-0.1, -0.05) is 0 Å². The third kappa shape index (κ3) is 2.04. The number of hydrogen-bond donors (Lipinski definition) is 2. The zero-order valence-electron chi connectivity index (χ0n) is 8.16. The van der Waals surface area contributed by atoms with Crippen LogP contribution in [0, 0.1) is 0 Å². The molecule has 0 aliphatic heterocycles. The second-order valence-corrected chi connectivity index (χ2v) is 3.58. The van der Waals surface area contributed by atoms with Crippen LogP contribution in [0.25, 0.3) is 0 Å². The van der Waals surface area contributed by atoms with Gasteiger partial charge in [-0.05, 0) is 25.7 Å². The van der Waals surface area contributed by atoms with Crippen molar-refractivity contribution >= 4 is 12.4 Å². The van der Waals surface area contributed by atoms with Crippen LogP contribution in [0.5, 0.6) is 0 Å². The molecule has 1 amide bonds.